The van der Waals surface area contributed by atoms with Crippen LogP contribution in [0.15, 0.2) is 107 Å². The van der Waals surface area contributed by atoms with E-state index in [4.69, 9.17) is 0 Å². The molecule has 12 heteroatoms. The highest BCUT2D eigenvalue weighted by molar-refractivity contribution is 7.22. The van der Waals surface area contributed by atoms with Crippen molar-refractivity contribution in [3.63, 3.8) is 0 Å². The lowest BCUT2D eigenvalue weighted by Crippen LogP contribution is -2.39. The predicted molar refractivity (Wildman–Crippen MR) is 185 cm³/mol. The van der Waals surface area contributed by atoms with Crippen LogP contribution in [-0.4, -0.2) is 38.6 Å². The molecule has 3 aromatic heterocycles. The van der Waals surface area contributed by atoms with E-state index in [1.54, 1.807) is 48.7 Å². The molecule has 0 atom stereocenters. The average Bonchev–Trinajstić information content (AvgIpc) is 3.44. The molecule has 0 aliphatic heterocycles. The smallest absolute Gasteiger partial charge is 0.337 e. The number of pyridine rings is 1. The van der Waals surface area contributed by atoms with Crippen LogP contribution in [0.5, 0.6) is 0 Å². The quantitative estimate of drug-likeness (QED) is 0.177. The third-order valence-electron chi connectivity index (χ3n) is 7.79. The molecule has 0 radical (unpaired) electrons. The van der Waals surface area contributed by atoms with E-state index in [2.05, 4.69) is 15.6 Å². The molecule has 0 saturated carbocycles. The number of aromatic nitrogens is 3. The molecule has 0 bridgehead atoms. The number of thiophene rings is 1. The Morgan fingerprint density at radius 1 is 0.875 bits per heavy atom. The Morgan fingerprint density at radius 2 is 1.58 bits per heavy atom. The second-order valence-electron chi connectivity index (χ2n) is 11.2. The van der Waals surface area contributed by atoms with Gasteiger partial charge in [-0.05, 0) is 73.6 Å². The van der Waals surface area contributed by atoms with Crippen LogP contribution in [0.3, 0.4) is 0 Å². The van der Waals surface area contributed by atoms with Gasteiger partial charge in [0, 0.05) is 42.0 Å². The monoisotopic (exact) mass is 666 g/mol. The summed E-state index contributed by atoms with van der Waals surface area (Å²) in [6.07, 6.45) is 1.71. The molecule has 2 N–H and O–H groups in total. The van der Waals surface area contributed by atoms with Gasteiger partial charge < -0.3 is 10.6 Å². The van der Waals surface area contributed by atoms with Crippen LogP contribution in [0.1, 0.15) is 23.7 Å². The Hall–Kier alpha value is -5.46. The van der Waals surface area contributed by atoms with Gasteiger partial charge in [0.1, 0.15) is 16.5 Å². The summed E-state index contributed by atoms with van der Waals surface area (Å²) < 4.78 is 32.3. The van der Waals surface area contributed by atoms with E-state index >= 15 is 8.78 Å². The molecule has 0 aliphatic carbocycles. The van der Waals surface area contributed by atoms with Crippen molar-refractivity contribution in [2.45, 2.75) is 26.6 Å². The van der Waals surface area contributed by atoms with E-state index in [-0.39, 0.29) is 17.0 Å². The fourth-order valence-corrected chi connectivity index (χ4v) is 6.88. The number of hydrogen-bond donors (Lipinski definition) is 2. The van der Waals surface area contributed by atoms with E-state index in [0.717, 1.165) is 28.0 Å². The molecule has 0 saturated heterocycles. The second kappa shape index (κ2) is 14.1. The van der Waals surface area contributed by atoms with Crippen molar-refractivity contribution in [3.8, 4) is 16.1 Å². The summed E-state index contributed by atoms with van der Waals surface area (Å²) in [5, 5.41) is 5.74. The number of nitrogens with one attached hydrogen (secondary N) is 2. The van der Waals surface area contributed by atoms with Crippen molar-refractivity contribution in [1.82, 2.24) is 24.3 Å². The topological polar surface area (TPSA) is 101 Å². The number of hydrogen-bond acceptors (Lipinski definition) is 6. The van der Waals surface area contributed by atoms with Gasteiger partial charge in [-0.25, -0.2) is 22.9 Å². The lowest BCUT2D eigenvalue weighted by Gasteiger charge is -2.18. The zero-order chi connectivity index (χ0) is 33.8. The van der Waals surface area contributed by atoms with Gasteiger partial charge in [0.25, 0.3) is 5.56 Å². The molecule has 3 heterocycles. The Balaban J connectivity index is 1.59. The van der Waals surface area contributed by atoms with Crippen LogP contribution < -0.4 is 21.9 Å². The van der Waals surface area contributed by atoms with Gasteiger partial charge in [-0.2, -0.15) is 0 Å². The minimum atomic E-state index is -0.796. The van der Waals surface area contributed by atoms with Gasteiger partial charge >= 0.3 is 11.7 Å². The Kier molecular flexibility index (Phi) is 9.55. The molecule has 0 fully saturated rings. The number of para-hydroxylation sites is 1. The predicted octanol–water partition coefficient (Wildman–Crippen LogP) is 6.38. The van der Waals surface area contributed by atoms with E-state index in [0.29, 0.717) is 46.3 Å². The van der Waals surface area contributed by atoms with E-state index in [1.165, 1.54) is 22.0 Å². The van der Waals surface area contributed by atoms with Gasteiger partial charge in [-0.1, -0.05) is 42.5 Å². The van der Waals surface area contributed by atoms with E-state index in [9.17, 15) is 14.4 Å². The summed E-state index contributed by atoms with van der Waals surface area (Å²) in [7, 11) is 1.90. The fourth-order valence-electron chi connectivity index (χ4n) is 5.57. The highest BCUT2D eigenvalue weighted by atomic mass is 32.1. The highest BCUT2D eigenvalue weighted by Gasteiger charge is 2.25. The second-order valence-corrected chi connectivity index (χ2v) is 12.2. The summed E-state index contributed by atoms with van der Waals surface area (Å²) in [6.45, 7) is 2.63. The highest BCUT2D eigenvalue weighted by Crippen LogP contribution is 2.38. The van der Waals surface area contributed by atoms with Gasteiger partial charge in [0.15, 0.2) is 0 Å². The number of amides is 2. The number of benzene rings is 3. The largest absolute Gasteiger partial charge is 0.338 e. The van der Waals surface area contributed by atoms with Crippen molar-refractivity contribution >= 4 is 33.3 Å². The summed E-state index contributed by atoms with van der Waals surface area (Å²) >= 11 is 1.21. The first-order valence-corrected chi connectivity index (χ1v) is 16.1. The fraction of sp³-hybridized carbons (Fsp3) is 0.167. The molecular formula is C36H32F2N6O3S. The summed E-state index contributed by atoms with van der Waals surface area (Å²) in [5.74, 6) is -1.59. The number of carbonyl (C=O) groups excluding carboxylic acids is 1. The van der Waals surface area contributed by atoms with Gasteiger partial charge in [-0.3, -0.25) is 19.2 Å². The number of fused-ring (bicyclic) bond motifs is 1. The number of anilines is 1. The summed E-state index contributed by atoms with van der Waals surface area (Å²) in [4.78, 5) is 48.2. The molecule has 3 aromatic carbocycles. The summed E-state index contributed by atoms with van der Waals surface area (Å²) in [5.41, 5.74) is 1.57. The third kappa shape index (κ3) is 6.66. The Morgan fingerprint density at radius 3 is 2.25 bits per heavy atom. The molecule has 9 nitrogen and oxygen atoms in total. The van der Waals surface area contributed by atoms with Crippen LogP contribution in [0.2, 0.25) is 0 Å². The van der Waals surface area contributed by atoms with Crippen LogP contribution in [0, 0.1) is 11.6 Å². The molecule has 0 spiro atoms. The summed E-state index contributed by atoms with van der Waals surface area (Å²) in [6, 6.07) is 24.5. The maximum Gasteiger partial charge on any atom is 0.337 e. The van der Waals surface area contributed by atoms with Crippen molar-refractivity contribution in [1.29, 1.82) is 0 Å². The van der Waals surface area contributed by atoms with Crippen molar-refractivity contribution in [2.24, 2.45) is 0 Å². The molecule has 2 amide bonds. The first-order chi connectivity index (χ1) is 23.2. The lowest BCUT2D eigenvalue weighted by atomic mass is 10.1. The molecule has 0 aliphatic rings. The molecular weight excluding hydrogens is 634 g/mol. The van der Waals surface area contributed by atoms with Crippen LogP contribution in [0.4, 0.5) is 19.3 Å². The molecule has 0 unspecified atom stereocenters. The lowest BCUT2D eigenvalue weighted by molar-refractivity contribution is 0.252. The van der Waals surface area contributed by atoms with Crippen LogP contribution in [0.25, 0.3) is 26.3 Å². The van der Waals surface area contributed by atoms with Crippen molar-refractivity contribution < 1.29 is 13.6 Å². The standard InChI is InChI=1S/C36H32F2N6O3S/c1-3-39-35(46)41-24-17-15-23(16-18-24)32-28(21-42(2)20-25-10-7-8-19-40-25)31-33(45)44(26-11-5-4-6-12-26)36(47)43(34(31)48-32)22-27-29(37)13-9-14-30(27)38/h4-19H,3,20-22H2,1-2H3,(H2,39,41,46). The molecule has 6 rings (SSSR count). The first kappa shape index (κ1) is 32.5. The third-order valence-corrected chi connectivity index (χ3v) is 9.10. The van der Waals surface area contributed by atoms with Gasteiger partial charge in [-0.15, -0.1) is 11.3 Å². The number of carbonyl (C=O) groups is 1. The van der Waals surface area contributed by atoms with E-state index in [1.807, 2.05) is 49.2 Å². The SMILES string of the molecule is CCNC(=O)Nc1ccc(-c2sc3c(c2CN(C)Cc2ccccn2)c(=O)n(-c2ccccc2)c(=O)n3Cc2c(F)cccc2F)cc1. The van der Waals surface area contributed by atoms with E-state index < -0.39 is 29.4 Å². The molecule has 244 valence electrons. The Labute approximate surface area is 278 Å². The number of rotatable bonds is 10. The average molecular weight is 667 g/mol. The van der Waals surface area contributed by atoms with Gasteiger partial charge in [0.2, 0.25) is 0 Å². The number of halogens is 2. The Bertz CT molecular complexity index is 2180. The zero-order valence-electron chi connectivity index (χ0n) is 26.2. The number of urea groups is 1. The zero-order valence-corrected chi connectivity index (χ0v) is 27.1. The molecule has 6 aromatic rings. The van der Waals surface area contributed by atoms with Crippen LogP contribution >= 0.6 is 11.3 Å². The first-order valence-electron chi connectivity index (χ1n) is 15.3. The minimum absolute atomic E-state index is 0.271. The number of nitrogens with zero attached hydrogens (tertiary/aromatic N) is 4. The normalized spacial score (nSPS) is 11.3. The van der Waals surface area contributed by atoms with Crippen molar-refractivity contribution in [3.05, 3.63) is 146 Å². The minimum Gasteiger partial charge on any atom is -0.338 e. The van der Waals surface area contributed by atoms with Gasteiger partial charge in [0.05, 0.1) is 23.3 Å². The maximum atomic E-state index is 15.0. The maximum absolute atomic E-state index is 15.0. The van der Waals surface area contributed by atoms with Crippen molar-refractivity contribution in [2.75, 3.05) is 18.9 Å². The molecule has 48 heavy (non-hydrogen) atoms. The van der Waals surface area contributed by atoms with Crippen LogP contribution in [-0.2, 0) is 19.6 Å².